The van der Waals surface area contributed by atoms with Crippen LogP contribution in [0, 0.1) is 0 Å². The maximum absolute atomic E-state index is 12.5. The third-order valence-corrected chi connectivity index (χ3v) is 4.97. The van der Waals surface area contributed by atoms with Crippen LogP contribution in [0.4, 0.5) is 5.69 Å². The van der Waals surface area contributed by atoms with E-state index < -0.39 is 6.04 Å². The second-order valence-corrected chi connectivity index (χ2v) is 6.80. The number of carbonyl (C=O) groups is 3. The van der Waals surface area contributed by atoms with E-state index in [-0.39, 0.29) is 17.7 Å². The summed E-state index contributed by atoms with van der Waals surface area (Å²) in [6.45, 7) is 3.80. The minimum absolute atomic E-state index is 0.00279. The van der Waals surface area contributed by atoms with E-state index in [1.807, 2.05) is 24.3 Å². The number of amides is 3. The van der Waals surface area contributed by atoms with Crippen LogP contribution >= 0.6 is 11.8 Å². The molecule has 0 aromatic heterocycles. The van der Waals surface area contributed by atoms with Gasteiger partial charge in [0.15, 0.2) is 0 Å². The van der Waals surface area contributed by atoms with Crippen molar-refractivity contribution in [2.24, 2.45) is 0 Å². The molecule has 0 saturated carbocycles. The van der Waals surface area contributed by atoms with Crippen LogP contribution in [0.25, 0.3) is 0 Å². The molecule has 7 heteroatoms. The number of carbonyl (C=O) groups excluding carboxylic acids is 3. The monoisotopic (exact) mass is 349 g/mol. The Hall–Kier alpha value is -2.02. The van der Waals surface area contributed by atoms with E-state index in [0.717, 1.165) is 5.56 Å². The summed E-state index contributed by atoms with van der Waals surface area (Å²) in [5, 5.41) is 2.89. The predicted molar refractivity (Wildman–Crippen MR) is 95.5 cm³/mol. The summed E-state index contributed by atoms with van der Waals surface area (Å²) in [6.07, 6.45) is 0.400. The van der Waals surface area contributed by atoms with Gasteiger partial charge in [0.05, 0.1) is 5.88 Å². The fraction of sp³-hybridized carbons (Fsp3) is 0.471. The van der Waals surface area contributed by atoms with Crippen LogP contribution < -0.4 is 5.32 Å². The molecule has 1 atom stereocenters. The van der Waals surface area contributed by atoms with Crippen LogP contribution in [0.1, 0.15) is 25.8 Å². The molecule has 0 aliphatic carbocycles. The van der Waals surface area contributed by atoms with Crippen LogP contribution in [0.5, 0.6) is 0 Å². The molecular formula is C17H23N3O3S. The zero-order valence-electron chi connectivity index (χ0n) is 14.2. The molecule has 24 heavy (non-hydrogen) atoms. The van der Waals surface area contributed by atoms with Crippen molar-refractivity contribution < 1.29 is 14.4 Å². The van der Waals surface area contributed by atoms with Gasteiger partial charge in [-0.3, -0.25) is 14.4 Å². The third kappa shape index (κ3) is 4.50. The molecule has 130 valence electrons. The second kappa shape index (κ2) is 8.19. The zero-order valence-corrected chi connectivity index (χ0v) is 15.1. The molecule has 1 aromatic carbocycles. The highest BCUT2D eigenvalue weighted by atomic mass is 32.2. The first-order valence-electron chi connectivity index (χ1n) is 7.91. The Morgan fingerprint density at radius 1 is 1.38 bits per heavy atom. The molecular weight excluding hydrogens is 326 g/mol. The van der Waals surface area contributed by atoms with E-state index in [2.05, 4.69) is 5.32 Å². The molecule has 2 rings (SSSR count). The first-order chi connectivity index (χ1) is 11.4. The molecule has 1 N–H and O–H groups in total. The first-order valence-corrected chi connectivity index (χ1v) is 9.06. The Kier molecular flexibility index (Phi) is 6.25. The Morgan fingerprint density at radius 2 is 2.12 bits per heavy atom. The van der Waals surface area contributed by atoms with E-state index in [0.29, 0.717) is 30.3 Å². The highest BCUT2D eigenvalue weighted by Crippen LogP contribution is 2.23. The van der Waals surface area contributed by atoms with Gasteiger partial charge >= 0.3 is 0 Å². The van der Waals surface area contributed by atoms with Crippen molar-refractivity contribution in [2.45, 2.75) is 32.9 Å². The van der Waals surface area contributed by atoms with E-state index >= 15 is 0 Å². The predicted octanol–water partition coefficient (Wildman–Crippen LogP) is 1.91. The van der Waals surface area contributed by atoms with E-state index in [9.17, 15) is 14.4 Å². The number of anilines is 1. The normalized spacial score (nSPS) is 16.8. The lowest BCUT2D eigenvalue weighted by Crippen LogP contribution is -2.44. The lowest BCUT2D eigenvalue weighted by Gasteiger charge is -2.22. The van der Waals surface area contributed by atoms with E-state index in [1.54, 1.807) is 35.5 Å². The molecule has 0 spiro atoms. The molecule has 1 heterocycles. The topological polar surface area (TPSA) is 69.7 Å². The van der Waals surface area contributed by atoms with Gasteiger partial charge in [0.25, 0.3) is 0 Å². The molecule has 1 fully saturated rings. The molecule has 1 aliphatic rings. The first kappa shape index (κ1) is 18.3. The van der Waals surface area contributed by atoms with Gasteiger partial charge in [-0.15, -0.1) is 11.8 Å². The number of hydrogen-bond acceptors (Lipinski definition) is 4. The van der Waals surface area contributed by atoms with Crippen molar-refractivity contribution >= 4 is 35.2 Å². The van der Waals surface area contributed by atoms with Gasteiger partial charge in [-0.2, -0.15) is 0 Å². The van der Waals surface area contributed by atoms with Gasteiger partial charge in [0, 0.05) is 38.4 Å². The fourth-order valence-electron chi connectivity index (χ4n) is 2.47. The maximum Gasteiger partial charge on any atom is 0.248 e. The Labute approximate surface area is 146 Å². The van der Waals surface area contributed by atoms with Crippen LogP contribution in [-0.4, -0.2) is 52.2 Å². The van der Waals surface area contributed by atoms with Crippen molar-refractivity contribution in [1.29, 1.82) is 0 Å². The number of rotatable bonds is 5. The Balaban J connectivity index is 2.04. The van der Waals surface area contributed by atoms with Crippen molar-refractivity contribution in [3.8, 4) is 0 Å². The number of hydrogen-bond donors (Lipinski definition) is 1. The Morgan fingerprint density at radius 3 is 2.79 bits per heavy atom. The van der Waals surface area contributed by atoms with Gasteiger partial charge in [-0.25, -0.2) is 0 Å². The van der Waals surface area contributed by atoms with Crippen LogP contribution in [-0.2, 0) is 20.9 Å². The van der Waals surface area contributed by atoms with E-state index in [4.69, 9.17) is 0 Å². The summed E-state index contributed by atoms with van der Waals surface area (Å²) in [5.74, 6) is 0.996. The Bertz CT molecular complexity index is 635. The molecule has 6 nitrogen and oxygen atoms in total. The highest BCUT2D eigenvalue weighted by Gasteiger charge is 2.33. The van der Waals surface area contributed by atoms with Gasteiger partial charge in [0.2, 0.25) is 17.7 Å². The summed E-state index contributed by atoms with van der Waals surface area (Å²) in [4.78, 5) is 39.0. The number of benzene rings is 1. The lowest BCUT2D eigenvalue weighted by atomic mass is 10.1. The number of thioether (sulfide) groups is 1. The van der Waals surface area contributed by atoms with Crippen LogP contribution in [0.3, 0.4) is 0 Å². The second-order valence-electron chi connectivity index (χ2n) is 5.80. The standard InChI is InChI=1S/C17H23N3O3S/c1-4-16(22)20-11-24-10-15(20)17(23)18-14-7-5-6-13(8-14)9-19(3)12(2)21/h5-8,15H,4,9-11H2,1-3H3,(H,18,23)/t15-/m1/s1. The fourth-order valence-corrected chi connectivity index (χ4v) is 3.65. The van der Waals surface area contributed by atoms with Gasteiger partial charge in [-0.1, -0.05) is 19.1 Å². The quantitative estimate of drug-likeness (QED) is 0.882. The molecule has 0 bridgehead atoms. The summed E-state index contributed by atoms with van der Waals surface area (Å²) in [6, 6.07) is 6.99. The molecule has 1 aromatic rings. The largest absolute Gasteiger partial charge is 0.342 e. The minimum Gasteiger partial charge on any atom is -0.342 e. The molecule has 0 radical (unpaired) electrons. The summed E-state index contributed by atoms with van der Waals surface area (Å²) in [7, 11) is 1.73. The average Bonchev–Trinajstić information content (AvgIpc) is 3.04. The van der Waals surface area contributed by atoms with Crippen LogP contribution in [0.2, 0.25) is 0 Å². The van der Waals surface area contributed by atoms with Crippen molar-refractivity contribution in [3.63, 3.8) is 0 Å². The molecule has 1 saturated heterocycles. The maximum atomic E-state index is 12.5. The molecule has 3 amide bonds. The minimum atomic E-state index is -0.425. The van der Waals surface area contributed by atoms with Crippen molar-refractivity contribution in [1.82, 2.24) is 9.80 Å². The smallest absolute Gasteiger partial charge is 0.248 e. The van der Waals surface area contributed by atoms with Gasteiger partial charge < -0.3 is 15.1 Å². The molecule has 1 aliphatic heterocycles. The number of nitrogens with zero attached hydrogens (tertiary/aromatic N) is 2. The SMILES string of the molecule is CCC(=O)N1CSC[C@@H]1C(=O)Nc1cccc(CN(C)C(C)=O)c1. The third-order valence-electron chi connectivity index (χ3n) is 3.96. The zero-order chi connectivity index (χ0) is 17.7. The average molecular weight is 349 g/mol. The van der Waals surface area contributed by atoms with Gasteiger partial charge in [-0.05, 0) is 17.7 Å². The summed E-state index contributed by atoms with van der Waals surface area (Å²) in [5.41, 5.74) is 1.61. The highest BCUT2D eigenvalue weighted by molar-refractivity contribution is 7.99. The molecule has 0 unspecified atom stereocenters. The number of nitrogens with one attached hydrogen (secondary N) is 1. The van der Waals surface area contributed by atoms with Gasteiger partial charge in [0.1, 0.15) is 6.04 Å². The lowest BCUT2D eigenvalue weighted by molar-refractivity contribution is -0.135. The van der Waals surface area contributed by atoms with E-state index in [1.165, 1.54) is 6.92 Å². The summed E-state index contributed by atoms with van der Waals surface area (Å²) < 4.78 is 0. The van der Waals surface area contributed by atoms with Crippen molar-refractivity contribution in [3.05, 3.63) is 29.8 Å². The van der Waals surface area contributed by atoms with Crippen molar-refractivity contribution in [2.75, 3.05) is 24.0 Å². The van der Waals surface area contributed by atoms with Crippen LogP contribution in [0.15, 0.2) is 24.3 Å². The summed E-state index contributed by atoms with van der Waals surface area (Å²) >= 11 is 1.59.